The van der Waals surface area contributed by atoms with Gasteiger partial charge in [-0.15, -0.1) is 0 Å². The predicted octanol–water partition coefficient (Wildman–Crippen LogP) is 1.92. The normalized spacial score (nSPS) is 18.0. The Hall–Kier alpha value is -2.21. The first-order chi connectivity index (χ1) is 10.6. The van der Waals surface area contributed by atoms with E-state index < -0.39 is 0 Å². The minimum absolute atomic E-state index is 0.0170. The van der Waals surface area contributed by atoms with Crippen molar-refractivity contribution in [3.8, 4) is 5.69 Å². The molecule has 1 saturated heterocycles. The number of halogens is 1. The molecule has 1 aromatic heterocycles. The Bertz CT molecular complexity index is 681. The molecule has 2 aromatic rings. The largest absolute Gasteiger partial charge is 0.394 e. The minimum Gasteiger partial charge on any atom is -0.394 e. The van der Waals surface area contributed by atoms with Crippen LogP contribution in [0.3, 0.4) is 0 Å². The van der Waals surface area contributed by atoms with Crippen LogP contribution in [0, 0.1) is 12.7 Å². The molecule has 5 nitrogen and oxygen atoms in total. The van der Waals surface area contributed by atoms with Crippen molar-refractivity contribution < 1.29 is 14.3 Å². The van der Waals surface area contributed by atoms with E-state index in [0.29, 0.717) is 23.5 Å². The van der Waals surface area contributed by atoms with E-state index in [1.54, 1.807) is 21.7 Å². The Morgan fingerprint density at radius 3 is 2.82 bits per heavy atom. The summed E-state index contributed by atoms with van der Waals surface area (Å²) in [4.78, 5) is 14.3. The smallest absolute Gasteiger partial charge is 0.257 e. The molecule has 1 aliphatic rings. The number of hydrogen-bond acceptors (Lipinski definition) is 3. The molecule has 1 atom stereocenters. The second kappa shape index (κ2) is 5.88. The van der Waals surface area contributed by atoms with Crippen LogP contribution in [0.1, 0.15) is 28.9 Å². The number of benzene rings is 1. The van der Waals surface area contributed by atoms with Gasteiger partial charge >= 0.3 is 0 Å². The van der Waals surface area contributed by atoms with Crippen molar-refractivity contribution in [3.05, 3.63) is 47.5 Å². The van der Waals surface area contributed by atoms with Crippen molar-refractivity contribution >= 4 is 5.91 Å². The molecular weight excluding hydrogens is 285 g/mol. The maximum absolute atomic E-state index is 13.0. The summed E-state index contributed by atoms with van der Waals surface area (Å²) in [6, 6.07) is 5.85. The molecule has 1 fully saturated rings. The van der Waals surface area contributed by atoms with Gasteiger partial charge < -0.3 is 10.0 Å². The summed E-state index contributed by atoms with van der Waals surface area (Å²) in [5.41, 5.74) is 1.93. The average Bonchev–Trinajstić information content (AvgIpc) is 3.14. The van der Waals surface area contributed by atoms with Gasteiger partial charge in [-0.3, -0.25) is 4.79 Å². The van der Waals surface area contributed by atoms with E-state index in [1.807, 2.05) is 6.92 Å². The Labute approximate surface area is 128 Å². The molecule has 0 spiro atoms. The molecule has 0 saturated carbocycles. The lowest BCUT2D eigenvalue weighted by atomic mass is 10.2. The molecule has 22 heavy (non-hydrogen) atoms. The Balaban J connectivity index is 1.90. The molecule has 0 bridgehead atoms. The monoisotopic (exact) mass is 303 g/mol. The van der Waals surface area contributed by atoms with Crippen LogP contribution in [0.5, 0.6) is 0 Å². The highest BCUT2D eigenvalue weighted by atomic mass is 19.1. The average molecular weight is 303 g/mol. The summed E-state index contributed by atoms with van der Waals surface area (Å²) in [6.45, 7) is 2.45. The van der Waals surface area contributed by atoms with Crippen LogP contribution in [0.25, 0.3) is 5.69 Å². The molecule has 1 amide bonds. The van der Waals surface area contributed by atoms with Crippen molar-refractivity contribution in [1.29, 1.82) is 0 Å². The number of carbonyl (C=O) groups excluding carboxylic acids is 1. The standard InChI is InChI=1S/C16H18FN3O2/c1-11-15(16(22)19-8-2-3-14(19)10-21)9-18-20(11)13-6-4-12(17)5-7-13/h4-7,9,14,21H,2-3,8,10H2,1H3/t14-/m1/s1. The van der Waals surface area contributed by atoms with E-state index in [9.17, 15) is 14.3 Å². The first kappa shape index (κ1) is 14.7. The topological polar surface area (TPSA) is 58.4 Å². The summed E-state index contributed by atoms with van der Waals surface area (Å²) < 4.78 is 14.6. The molecule has 0 radical (unpaired) electrons. The highest BCUT2D eigenvalue weighted by Crippen LogP contribution is 2.22. The molecule has 1 aliphatic heterocycles. The van der Waals surface area contributed by atoms with Crippen LogP contribution in [-0.2, 0) is 0 Å². The maximum Gasteiger partial charge on any atom is 0.257 e. The van der Waals surface area contributed by atoms with Gasteiger partial charge in [-0.1, -0.05) is 0 Å². The number of nitrogens with zero attached hydrogens (tertiary/aromatic N) is 3. The lowest BCUT2D eigenvalue weighted by Crippen LogP contribution is -2.37. The van der Waals surface area contributed by atoms with Gasteiger partial charge in [-0.2, -0.15) is 5.10 Å². The third-order valence-corrected chi connectivity index (χ3v) is 4.16. The fourth-order valence-electron chi connectivity index (χ4n) is 2.91. The summed E-state index contributed by atoms with van der Waals surface area (Å²) in [6.07, 6.45) is 3.27. The molecule has 0 aliphatic carbocycles. The molecule has 3 rings (SSSR count). The molecule has 116 valence electrons. The molecule has 0 unspecified atom stereocenters. The third-order valence-electron chi connectivity index (χ3n) is 4.16. The zero-order valence-electron chi connectivity index (χ0n) is 12.4. The number of amides is 1. The first-order valence-corrected chi connectivity index (χ1v) is 7.34. The van der Waals surface area contributed by atoms with Crippen LogP contribution in [0.15, 0.2) is 30.5 Å². The van der Waals surface area contributed by atoms with Crippen molar-refractivity contribution in [3.63, 3.8) is 0 Å². The van der Waals surface area contributed by atoms with Crippen molar-refractivity contribution in [2.75, 3.05) is 13.2 Å². The highest BCUT2D eigenvalue weighted by Gasteiger charge is 2.30. The zero-order chi connectivity index (χ0) is 15.7. The highest BCUT2D eigenvalue weighted by molar-refractivity contribution is 5.95. The number of rotatable bonds is 3. The van der Waals surface area contributed by atoms with Gasteiger partial charge in [0.25, 0.3) is 5.91 Å². The van der Waals surface area contributed by atoms with Gasteiger partial charge in [0.15, 0.2) is 0 Å². The van der Waals surface area contributed by atoms with Gasteiger partial charge in [-0.25, -0.2) is 9.07 Å². The summed E-state index contributed by atoms with van der Waals surface area (Å²) >= 11 is 0. The molecule has 1 N–H and O–H groups in total. The second-order valence-corrected chi connectivity index (χ2v) is 5.51. The summed E-state index contributed by atoms with van der Waals surface area (Å²) in [5, 5.41) is 13.6. The number of aliphatic hydroxyl groups excluding tert-OH is 1. The van der Waals surface area contributed by atoms with E-state index in [0.717, 1.165) is 12.8 Å². The summed E-state index contributed by atoms with van der Waals surface area (Å²) in [5.74, 6) is -0.421. The van der Waals surface area contributed by atoms with Crippen LogP contribution in [0.2, 0.25) is 0 Å². The van der Waals surface area contributed by atoms with Crippen molar-refractivity contribution in [2.24, 2.45) is 0 Å². The third kappa shape index (κ3) is 2.50. The number of hydrogen-bond donors (Lipinski definition) is 1. The number of likely N-dealkylation sites (tertiary alicyclic amines) is 1. The Kier molecular flexibility index (Phi) is 3.94. The first-order valence-electron chi connectivity index (χ1n) is 7.34. The van der Waals surface area contributed by atoms with E-state index in [-0.39, 0.29) is 24.4 Å². The summed E-state index contributed by atoms with van der Waals surface area (Å²) in [7, 11) is 0. The quantitative estimate of drug-likeness (QED) is 0.942. The van der Waals surface area contributed by atoms with Gasteiger partial charge in [0.2, 0.25) is 0 Å². The molecule has 1 aromatic carbocycles. The van der Waals surface area contributed by atoms with E-state index in [2.05, 4.69) is 5.10 Å². The van der Waals surface area contributed by atoms with Crippen molar-refractivity contribution in [1.82, 2.24) is 14.7 Å². The number of aromatic nitrogens is 2. The second-order valence-electron chi connectivity index (χ2n) is 5.51. The number of carbonyl (C=O) groups is 1. The van der Waals surface area contributed by atoms with E-state index >= 15 is 0 Å². The Morgan fingerprint density at radius 1 is 1.41 bits per heavy atom. The van der Waals surface area contributed by atoms with Crippen molar-refractivity contribution in [2.45, 2.75) is 25.8 Å². The maximum atomic E-state index is 13.0. The van der Waals surface area contributed by atoms with Gasteiger partial charge in [-0.05, 0) is 44.0 Å². The van der Waals surface area contributed by atoms with Crippen LogP contribution in [0.4, 0.5) is 4.39 Å². The van der Waals surface area contributed by atoms with Gasteiger partial charge in [0.05, 0.1) is 35.8 Å². The molecular formula is C16H18FN3O2. The van der Waals surface area contributed by atoms with Gasteiger partial charge in [0.1, 0.15) is 5.82 Å². The molecule has 6 heteroatoms. The Morgan fingerprint density at radius 2 is 2.14 bits per heavy atom. The zero-order valence-corrected chi connectivity index (χ0v) is 12.4. The fraction of sp³-hybridized carbons (Fsp3) is 0.375. The molecule has 2 heterocycles. The minimum atomic E-state index is -0.312. The van der Waals surface area contributed by atoms with Crippen LogP contribution >= 0.6 is 0 Å². The van der Waals surface area contributed by atoms with E-state index in [1.165, 1.54) is 18.3 Å². The fourth-order valence-corrected chi connectivity index (χ4v) is 2.91. The SMILES string of the molecule is Cc1c(C(=O)N2CCC[C@@H]2CO)cnn1-c1ccc(F)cc1. The van der Waals surface area contributed by atoms with Crippen LogP contribution in [-0.4, -0.2) is 44.9 Å². The number of aliphatic hydroxyl groups is 1. The van der Waals surface area contributed by atoms with E-state index in [4.69, 9.17) is 0 Å². The predicted molar refractivity (Wildman–Crippen MR) is 79.4 cm³/mol. The van der Waals surface area contributed by atoms with Crippen LogP contribution < -0.4 is 0 Å². The van der Waals surface area contributed by atoms with Gasteiger partial charge in [0, 0.05) is 6.54 Å². The lowest BCUT2D eigenvalue weighted by molar-refractivity contribution is 0.0677. The lowest BCUT2D eigenvalue weighted by Gasteiger charge is -2.22.